The van der Waals surface area contributed by atoms with E-state index in [1.165, 1.54) is 0 Å². The number of nitrogens with one attached hydrogen (secondary N) is 1. The fourth-order valence-electron chi connectivity index (χ4n) is 4.70. The van der Waals surface area contributed by atoms with Crippen molar-refractivity contribution < 1.29 is 85.1 Å². The minimum absolute atomic E-state index is 0. The van der Waals surface area contributed by atoms with Gasteiger partial charge in [0, 0.05) is 22.2 Å². The van der Waals surface area contributed by atoms with E-state index < -0.39 is 30.0 Å². The number of fused-ring (bicyclic) bond motifs is 3. The van der Waals surface area contributed by atoms with Gasteiger partial charge in [-0.15, -0.1) is 0 Å². The zero-order chi connectivity index (χ0) is 25.9. The predicted octanol–water partition coefficient (Wildman–Crippen LogP) is -1.79. The molecule has 1 aromatic heterocycles. The summed E-state index contributed by atoms with van der Waals surface area (Å²) in [5.41, 5.74) is 3.22. The number of hydrogen-bond donors (Lipinski definition) is 1. The van der Waals surface area contributed by atoms with Gasteiger partial charge in [0.2, 0.25) is 0 Å². The summed E-state index contributed by atoms with van der Waals surface area (Å²) in [6.45, 7) is 2.68. The number of pyridine rings is 1. The molecule has 8 nitrogen and oxygen atoms in total. The van der Waals surface area contributed by atoms with E-state index in [1.807, 2.05) is 36.4 Å². The van der Waals surface area contributed by atoms with Crippen LogP contribution in [0, 0.1) is 6.92 Å². The monoisotopic (exact) mass is 566 g/mol. The van der Waals surface area contributed by atoms with E-state index in [9.17, 15) is 25.9 Å². The minimum Gasteiger partial charge on any atom is -0.746 e. The number of rotatable bonds is 4. The molecule has 1 unspecified atom stereocenters. The number of hydrogen-bond acceptors (Lipinski definition) is 8. The largest absolute Gasteiger partial charge is 1.00 e. The molecule has 0 bridgehead atoms. The second kappa shape index (κ2) is 11.1. The van der Waals surface area contributed by atoms with Crippen LogP contribution in [0.4, 0.5) is 5.69 Å². The molecule has 0 aliphatic carbocycles. The second-order valence-corrected chi connectivity index (χ2v) is 11.7. The zero-order valence-electron chi connectivity index (χ0n) is 21.2. The number of aryl methyl sites for hydroxylation is 1. The molecule has 4 aromatic rings. The summed E-state index contributed by atoms with van der Waals surface area (Å²) in [4.78, 5) is 0.820. The summed E-state index contributed by atoms with van der Waals surface area (Å²) < 4.78 is 75.3. The molecule has 0 radical (unpaired) electrons. The third-order valence-corrected chi connectivity index (χ3v) is 8.85. The Balaban J connectivity index is 0.00000200. The van der Waals surface area contributed by atoms with Gasteiger partial charge in [0.25, 0.3) is 0 Å². The standard InChI is InChI=1S/C26H22N2O6S2.2Na/c1-16-15-21(17-9-5-3-6-10-17)19-13-14-20-22(18-11-7-4-8-12-18)25(35(29,30)31)26(2,36(32,33)34)28-24(20)23(19)27-16;;/h3-15,28H,1-2H3,(H,29,30,31)(H,32,33,34);;/q;2*+1/p-2. The van der Waals surface area contributed by atoms with Crippen LogP contribution in [0.25, 0.3) is 27.6 Å². The van der Waals surface area contributed by atoms with Crippen molar-refractivity contribution in [1.82, 2.24) is 4.98 Å². The zero-order valence-corrected chi connectivity index (χ0v) is 26.9. The molecule has 5 rings (SSSR count). The molecule has 12 heteroatoms. The fraction of sp³-hybridized carbons (Fsp3) is 0.115. The van der Waals surface area contributed by atoms with E-state index in [2.05, 4.69) is 10.3 Å². The normalized spacial score (nSPS) is 17.2. The Morgan fingerprint density at radius 2 is 1.34 bits per heavy atom. The first kappa shape index (κ1) is 31.0. The number of aromatic nitrogens is 1. The summed E-state index contributed by atoms with van der Waals surface area (Å²) in [5, 5.41) is 3.28. The molecular weight excluding hydrogens is 546 g/mol. The summed E-state index contributed by atoms with van der Waals surface area (Å²) in [6, 6.07) is 22.8. The van der Waals surface area contributed by atoms with Gasteiger partial charge in [-0.25, -0.2) is 16.8 Å². The molecule has 1 aliphatic rings. The Morgan fingerprint density at radius 3 is 1.87 bits per heavy atom. The molecule has 0 spiro atoms. The molecule has 38 heavy (non-hydrogen) atoms. The van der Waals surface area contributed by atoms with E-state index in [4.69, 9.17) is 0 Å². The van der Waals surface area contributed by atoms with Crippen LogP contribution in [0.15, 0.2) is 83.8 Å². The fourth-order valence-corrected chi connectivity index (χ4v) is 6.87. The van der Waals surface area contributed by atoms with Gasteiger partial charge in [0.05, 0.1) is 16.1 Å². The molecule has 1 atom stereocenters. The summed E-state index contributed by atoms with van der Waals surface area (Å²) in [5.74, 6) is 0. The van der Waals surface area contributed by atoms with Crippen molar-refractivity contribution >= 4 is 42.4 Å². The van der Waals surface area contributed by atoms with Gasteiger partial charge < -0.3 is 14.4 Å². The maximum atomic E-state index is 12.6. The first-order valence-corrected chi connectivity index (χ1v) is 13.7. The van der Waals surface area contributed by atoms with Crippen LogP contribution >= 0.6 is 0 Å². The van der Waals surface area contributed by atoms with Crippen molar-refractivity contribution in [2.24, 2.45) is 0 Å². The van der Waals surface area contributed by atoms with Gasteiger partial charge in [-0.05, 0) is 36.6 Å². The molecule has 3 aromatic carbocycles. The van der Waals surface area contributed by atoms with Crippen LogP contribution in [-0.2, 0) is 20.2 Å². The summed E-state index contributed by atoms with van der Waals surface area (Å²) in [7, 11) is -10.8. The van der Waals surface area contributed by atoms with Crippen molar-refractivity contribution in [3.63, 3.8) is 0 Å². The first-order valence-electron chi connectivity index (χ1n) is 10.9. The molecule has 1 aliphatic heterocycles. The average molecular weight is 567 g/mol. The van der Waals surface area contributed by atoms with E-state index in [1.54, 1.807) is 49.4 Å². The smallest absolute Gasteiger partial charge is 0.746 e. The maximum Gasteiger partial charge on any atom is 1.00 e. The van der Waals surface area contributed by atoms with Crippen molar-refractivity contribution in [2.45, 2.75) is 18.7 Å². The molecule has 0 amide bonds. The van der Waals surface area contributed by atoms with Crippen LogP contribution in [-0.4, -0.2) is 35.8 Å². The topological polar surface area (TPSA) is 139 Å². The molecule has 184 valence electrons. The van der Waals surface area contributed by atoms with E-state index in [-0.39, 0.29) is 81.5 Å². The minimum atomic E-state index is -5.41. The molecule has 0 fully saturated rings. The Bertz CT molecular complexity index is 1780. The molecule has 0 saturated carbocycles. The van der Waals surface area contributed by atoms with Crippen LogP contribution in [0.1, 0.15) is 23.7 Å². The number of anilines is 1. The van der Waals surface area contributed by atoms with Gasteiger partial charge in [-0.1, -0.05) is 72.8 Å². The molecular formula is C26H20N2Na2O6S2. The van der Waals surface area contributed by atoms with Gasteiger partial charge in [-0.3, -0.25) is 4.98 Å². The third-order valence-electron chi connectivity index (χ3n) is 6.30. The quantitative estimate of drug-likeness (QED) is 0.226. The van der Waals surface area contributed by atoms with Crippen LogP contribution in [0.2, 0.25) is 0 Å². The summed E-state index contributed by atoms with van der Waals surface area (Å²) >= 11 is 0. The van der Waals surface area contributed by atoms with E-state index in [0.717, 1.165) is 18.1 Å². The Morgan fingerprint density at radius 1 is 0.789 bits per heavy atom. The molecule has 2 heterocycles. The van der Waals surface area contributed by atoms with Crippen LogP contribution in [0.5, 0.6) is 0 Å². The van der Waals surface area contributed by atoms with E-state index in [0.29, 0.717) is 16.6 Å². The van der Waals surface area contributed by atoms with Crippen molar-refractivity contribution in [2.75, 3.05) is 5.32 Å². The molecule has 1 N–H and O–H groups in total. The predicted molar refractivity (Wildman–Crippen MR) is 136 cm³/mol. The Kier molecular flexibility index (Phi) is 9.07. The SMILES string of the molecule is Cc1cc(-c2ccccc2)c2ccc3c(c2n1)NC(C)(S(=O)(=O)[O-])C(S(=O)(=O)[O-])=C3c1ccccc1.[Na+].[Na+]. The number of benzene rings is 3. The van der Waals surface area contributed by atoms with Crippen molar-refractivity contribution in [3.8, 4) is 11.1 Å². The van der Waals surface area contributed by atoms with Crippen molar-refractivity contribution in [3.05, 3.63) is 101 Å². The van der Waals surface area contributed by atoms with Crippen molar-refractivity contribution in [1.29, 1.82) is 0 Å². The third kappa shape index (κ3) is 5.27. The Hall–Kier alpha value is -1.57. The number of nitrogens with zero attached hydrogens (tertiary/aromatic N) is 1. The first-order chi connectivity index (χ1) is 16.9. The summed E-state index contributed by atoms with van der Waals surface area (Å²) in [6.07, 6.45) is 0. The Labute approximate surface area is 265 Å². The average Bonchev–Trinajstić information content (AvgIpc) is 2.82. The maximum absolute atomic E-state index is 12.6. The van der Waals surface area contributed by atoms with Crippen LogP contribution < -0.4 is 64.4 Å². The van der Waals surface area contributed by atoms with Gasteiger partial charge in [-0.2, -0.15) is 0 Å². The van der Waals surface area contributed by atoms with E-state index >= 15 is 0 Å². The van der Waals surface area contributed by atoms with Gasteiger partial charge >= 0.3 is 59.1 Å². The van der Waals surface area contributed by atoms with Gasteiger partial charge in [0.1, 0.15) is 20.2 Å². The van der Waals surface area contributed by atoms with Gasteiger partial charge in [0.15, 0.2) is 4.87 Å². The second-order valence-electron chi connectivity index (χ2n) is 8.70. The molecule has 0 saturated heterocycles. The van der Waals surface area contributed by atoms with Crippen LogP contribution in [0.3, 0.4) is 0 Å².